The molecule has 8 heteroatoms. The van der Waals surface area contributed by atoms with Crippen molar-refractivity contribution in [3.05, 3.63) is 64.2 Å². The number of anilines is 1. The molecule has 1 heterocycles. The zero-order chi connectivity index (χ0) is 19.4. The van der Waals surface area contributed by atoms with E-state index in [-0.39, 0.29) is 11.3 Å². The standard InChI is InChI=1S/C19H19N3O5/c1-27-17-8-3-2-7-16(17)20-9-11-21(12-10-20)19(24)18(23)14-5-4-6-15(13-14)22(25)26/h2-8,13H,9-12H2,1H3. The number of rotatable bonds is 5. The molecule has 27 heavy (non-hydrogen) atoms. The summed E-state index contributed by atoms with van der Waals surface area (Å²) in [5.41, 5.74) is 0.758. The number of nitro benzene ring substituents is 1. The van der Waals surface area contributed by atoms with Crippen molar-refractivity contribution < 1.29 is 19.2 Å². The van der Waals surface area contributed by atoms with Crippen LogP contribution in [0.4, 0.5) is 11.4 Å². The molecule has 8 nitrogen and oxygen atoms in total. The zero-order valence-corrected chi connectivity index (χ0v) is 14.8. The van der Waals surface area contributed by atoms with E-state index in [0.29, 0.717) is 26.2 Å². The van der Waals surface area contributed by atoms with Crippen molar-refractivity contribution in [1.29, 1.82) is 0 Å². The van der Waals surface area contributed by atoms with E-state index in [0.717, 1.165) is 17.5 Å². The highest BCUT2D eigenvalue weighted by molar-refractivity contribution is 6.42. The Morgan fingerprint density at radius 3 is 2.41 bits per heavy atom. The first kappa shape index (κ1) is 18.4. The molecule has 1 aliphatic heterocycles. The molecule has 2 aromatic rings. The SMILES string of the molecule is COc1ccccc1N1CCN(C(=O)C(=O)c2cccc([N+](=O)[O-])c2)CC1. The number of amides is 1. The third kappa shape index (κ3) is 3.89. The normalized spacial score (nSPS) is 14.0. The fourth-order valence-corrected chi connectivity index (χ4v) is 3.07. The molecule has 0 bridgehead atoms. The number of piperazine rings is 1. The summed E-state index contributed by atoms with van der Waals surface area (Å²) < 4.78 is 5.37. The number of hydrogen-bond acceptors (Lipinski definition) is 6. The van der Waals surface area contributed by atoms with Crippen molar-refractivity contribution in [3.8, 4) is 5.75 Å². The second-order valence-electron chi connectivity index (χ2n) is 6.09. The summed E-state index contributed by atoms with van der Waals surface area (Å²) in [7, 11) is 1.61. The van der Waals surface area contributed by atoms with Gasteiger partial charge in [-0.15, -0.1) is 0 Å². The molecule has 0 aliphatic carbocycles. The van der Waals surface area contributed by atoms with Crippen LogP contribution in [0.15, 0.2) is 48.5 Å². The largest absolute Gasteiger partial charge is 0.495 e. The summed E-state index contributed by atoms with van der Waals surface area (Å²) in [5.74, 6) is -0.621. The van der Waals surface area contributed by atoms with E-state index in [1.54, 1.807) is 7.11 Å². The Hall–Kier alpha value is -3.42. The highest BCUT2D eigenvalue weighted by Crippen LogP contribution is 2.28. The second kappa shape index (κ2) is 7.86. The molecule has 1 saturated heterocycles. The number of nitro groups is 1. The minimum absolute atomic E-state index is 0.0290. The Kier molecular flexibility index (Phi) is 5.35. The first-order chi connectivity index (χ1) is 13.0. The molecule has 1 aliphatic rings. The Morgan fingerprint density at radius 1 is 1.04 bits per heavy atom. The number of Topliss-reactive ketones (excluding diaryl/α,β-unsaturated/α-hetero) is 1. The number of ketones is 1. The van der Waals surface area contributed by atoms with Crippen molar-refractivity contribution in [1.82, 2.24) is 4.90 Å². The first-order valence-corrected chi connectivity index (χ1v) is 8.47. The predicted molar refractivity (Wildman–Crippen MR) is 99.2 cm³/mol. The summed E-state index contributed by atoms with van der Waals surface area (Å²) in [6.45, 7) is 1.90. The quantitative estimate of drug-likeness (QED) is 0.347. The number of hydrogen-bond donors (Lipinski definition) is 0. The van der Waals surface area contributed by atoms with Crippen LogP contribution < -0.4 is 9.64 Å². The highest BCUT2D eigenvalue weighted by Gasteiger charge is 2.28. The molecule has 0 unspecified atom stereocenters. The zero-order valence-electron chi connectivity index (χ0n) is 14.8. The van der Waals surface area contributed by atoms with Gasteiger partial charge in [-0.1, -0.05) is 24.3 Å². The van der Waals surface area contributed by atoms with E-state index in [1.165, 1.54) is 23.1 Å². The molecule has 140 valence electrons. The van der Waals surface area contributed by atoms with Crippen molar-refractivity contribution in [2.24, 2.45) is 0 Å². The average Bonchev–Trinajstić information content (AvgIpc) is 2.72. The molecule has 0 spiro atoms. The van der Waals surface area contributed by atoms with Gasteiger partial charge in [-0.25, -0.2) is 0 Å². The van der Waals surface area contributed by atoms with E-state index in [9.17, 15) is 19.7 Å². The molecule has 3 rings (SSSR count). The van der Waals surface area contributed by atoms with Crippen molar-refractivity contribution in [2.45, 2.75) is 0 Å². The maximum absolute atomic E-state index is 12.5. The second-order valence-corrected chi connectivity index (χ2v) is 6.09. The number of ether oxygens (including phenoxy) is 1. The molecule has 1 fully saturated rings. The van der Waals surface area contributed by atoms with Crippen molar-refractivity contribution in [2.75, 3.05) is 38.2 Å². The van der Waals surface area contributed by atoms with E-state index >= 15 is 0 Å². The van der Waals surface area contributed by atoms with Gasteiger partial charge in [-0.2, -0.15) is 0 Å². The lowest BCUT2D eigenvalue weighted by Crippen LogP contribution is -2.50. The van der Waals surface area contributed by atoms with E-state index < -0.39 is 16.6 Å². The Bertz CT molecular complexity index is 875. The maximum atomic E-state index is 12.5. The average molecular weight is 369 g/mol. The number of benzene rings is 2. The summed E-state index contributed by atoms with van der Waals surface area (Å²) in [6, 6.07) is 12.9. The molecule has 0 N–H and O–H groups in total. The van der Waals surface area contributed by atoms with Crippen LogP contribution in [0.3, 0.4) is 0 Å². The van der Waals surface area contributed by atoms with E-state index in [2.05, 4.69) is 4.90 Å². The lowest BCUT2D eigenvalue weighted by molar-refractivity contribution is -0.384. The van der Waals surface area contributed by atoms with Crippen LogP contribution in [0, 0.1) is 10.1 Å². The summed E-state index contributed by atoms with van der Waals surface area (Å²) in [6.07, 6.45) is 0. The lowest BCUT2D eigenvalue weighted by Gasteiger charge is -2.36. The summed E-state index contributed by atoms with van der Waals surface area (Å²) >= 11 is 0. The molecule has 2 aromatic carbocycles. The van der Waals surface area contributed by atoms with Crippen molar-refractivity contribution in [3.63, 3.8) is 0 Å². The van der Waals surface area contributed by atoms with Crippen LogP contribution in [-0.4, -0.2) is 54.8 Å². The van der Waals surface area contributed by atoms with Gasteiger partial charge >= 0.3 is 0 Å². The van der Waals surface area contributed by atoms with Gasteiger partial charge in [0.15, 0.2) is 0 Å². The number of carbonyl (C=O) groups is 2. The van der Waals surface area contributed by atoms with Gasteiger partial charge in [0.05, 0.1) is 17.7 Å². The van der Waals surface area contributed by atoms with Gasteiger partial charge in [-0.05, 0) is 12.1 Å². The molecule has 1 amide bonds. The van der Waals surface area contributed by atoms with Crippen LogP contribution >= 0.6 is 0 Å². The molecule has 0 radical (unpaired) electrons. The fourth-order valence-electron chi connectivity index (χ4n) is 3.07. The third-order valence-corrected chi connectivity index (χ3v) is 4.51. The Labute approximate surface area is 156 Å². The predicted octanol–water partition coefficient (Wildman–Crippen LogP) is 2.13. The van der Waals surface area contributed by atoms with Gasteiger partial charge in [0.1, 0.15) is 5.75 Å². The van der Waals surface area contributed by atoms with Crippen molar-refractivity contribution >= 4 is 23.1 Å². The van der Waals surface area contributed by atoms with Crippen LogP contribution in [0.1, 0.15) is 10.4 Å². The smallest absolute Gasteiger partial charge is 0.295 e. The third-order valence-electron chi connectivity index (χ3n) is 4.51. The fraction of sp³-hybridized carbons (Fsp3) is 0.263. The summed E-state index contributed by atoms with van der Waals surface area (Å²) in [4.78, 5) is 38.8. The highest BCUT2D eigenvalue weighted by atomic mass is 16.6. The van der Waals surface area contributed by atoms with E-state index in [4.69, 9.17) is 4.74 Å². The molecule has 0 atom stereocenters. The van der Waals surface area contributed by atoms with Crippen LogP contribution in [0.5, 0.6) is 5.75 Å². The number of methoxy groups -OCH3 is 1. The number of para-hydroxylation sites is 2. The minimum atomic E-state index is -0.732. The van der Waals surface area contributed by atoms with Crippen LogP contribution in [0.25, 0.3) is 0 Å². The number of non-ortho nitro benzene ring substituents is 1. The monoisotopic (exact) mass is 369 g/mol. The Morgan fingerprint density at radius 2 is 1.74 bits per heavy atom. The Balaban J connectivity index is 1.67. The van der Waals surface area contributed by atoms with Crippen LogP contribution in [0.2, 0.25) is 0 Å². The van der Waals surface area contributed by atoms with E-state index in [1.807, 2.05) is 24.3 Å². The molecule has 0 saturated carbocycles. The van der Waals surface area contributed by atoms with Gasteiger partial charge in [0, 0.05) is 43.9 Å². The van der Waals surface area contributed by atoms with Gasteiger partial charge in [-0.3, -0.25) is 19.7 Å². The van der Waals surface area contributed by atoms with Gasteiger partial charge < -0.3 is 14.5 Å². The lowest BCUT2D eigenvalue weighted by atomic mass is 10.1. The van der Waals surface area contributed by atoms with Gasteiger partial charge in [0.25, 0.3) is 17.4 Å². The molecular weight excluding hydrogens is 350 g/mol. The minimum Gasteiger partial charge on any atom is -0.495 e. The number of carbonyl (C=O) groups excluding carboxylic acids is 2. The van der Waals surface area contributed by atoms with Gasteiger partial charge in [0.2, 0.25) is 0 Å². The number of nitrogens with zero attached hydrogens (tertiary/aromatic N) is 3. The molecular formula is C19H19N3O5. The molecule has 0 aromatic heterocycles. The summed E-state index contributed by atoms with van der Waals surface area (Å²) in [5, 5.41) is 10.9. The van der Waals surface area contributed by atoms with Crippen LogP contribution in [-0.2, 0) is 4.79 Å². The first-order valence-electron chi connectivity index (χ1n) is 8.47. The maximum Gasteiger partial charge on any atom is 0.295 e. The topological polar surface area (TPSA) is 93.0 Å².